The van der Waals surface area contributed by atoms with Crippen LogP contribution in [0.3, 0.4) is 0 Å². The average molecular weight is 321 g/mol. The first kappa shape index (κ1) is 13.5. The van der Waals surface area contributed by atoms with Crippen molar-refractivity contribution in [2.75, 3.05) is 12.4 Å². The zero-order valence-corrected chi connectivity index (χ0v) is 12.0. The molecule has 1 aromatic heterocycles. The van der Waals surface area contributed by atoms with Crippen LogP contribution in [0.1, 0.15) is 15.9 Å². The van der Waals surface area contributed by atoms with E-state index in [1.54, 1.807) is 18.3 Å². The molecule has 2 aromatic rings. The van der Waals surface area contributed by atoms with Crippen LogP contribution in [0.2, 0.25) is 0 Å². The summed E-state index contributed by atoms with van der Waals surface area (Å²) in [6.45, 7) is 0.606. The molecule has 1 N–H and O–H groups in total. The third-order valence-electron chi connectivity index (χ3n) is 2.61. The first-order valence-corrected chi connectivity index (χ1v) is 6.51. The van der Waals surface area contributed by atoms with Gasteiger partial charge in [0.15, 0.2) is 0 Å². The summed E-state index contributed by atoms with van der Waals surface area (Å²) in [6.07, 6.45) is 1.73. The third kappa shape index (κ3) is 3.54. The van der Waals surface area contributed by atoms with E-state index >= 15 is 0 Å². The molecule has 1 heterocycles. The normalized spacial score (nSPS) is 10.0. The van der Waals surface area contributed by atoms with Crippen molar-refractivity contribution in [2.45, 2.75) is 6.54 Å². The molecule has 0 amide bonds. The van der Waals surface area contributed by atoms with Crippen molar-refractivity contribution in [3.8, 4) is 0 Å². The molecule has 98 valence electrons. The standard InChI is InChI=1S/C14H13BrN2O2/c1-19-14(18)11-4-2-3-5-12(11)17-9-10-6-7-16-13(15)8-10/h2-8,17H,9H2,1H3. The first-order chi connectivity index (χ1) is 9.20. The number of methoxy groups -OCH3 is 1. The topological polar surface area (TPSA) is 51.2 Å². The van der Waals surface area contributed by atoms with E-state index < -0.39 is 0 Å². The minimum Gasteiger partial charge on any atom is -0.465 e. The summed E-state index contributed by atoms with van der Waals surface area (Å²) in [5.74, 6) is -0.348. The molecule has 0 radical (unpaired) electrons. The van der Waals surface area contributed by atoms with Crippen LogP contribution in [0.15, 0.2) is 47.2 Å². The zero-order chi connectivity index (χ0) is 13.7. The van der Waals surface area contributed by atoms with E-state index in [0.29, 0.717) is 12.1 Å². The van der Waals surface area contributed by atoms with Crippen molar-refractivity contribution in [2.24, 2.45) is 0 Å². The summed E-state index contributed by atoms with van der Waals surface area (Å²) < 4.78 is 5.54. The van der Waals surface area contributed by atoms with Crippen LogP contribution < -0.4 is 5.32 Å². The lowest BCUT2D eigenvalue weighted by Gasteiger charge is -2.10. The summed E-state index contributed by atoms with van der Waals surface area (Å²) in [6, 6.07) is 11.1. The molecule has 0 aliphatic carbocycles. The van der Waals surface area contributed by atoms with Gasteiger partial charge in [-0.2, -0.15) is 0 Å². The number of nitrogens with zero attached hydrogens (tertiary/aromatic N) is 1. The van der Waals surface area contributed by atoms with E-state index in [2.05, 4.69) is 26.2 Å². The van der Waals surface area contributed by atoms with Crippen molar-refractivity contribution in [3.63, 3.8) is 0 Å². The van der Waals surface area contributed by atoms with Gasteiger partial charge in [-0.15, -0.1) is 0 Å². The largest absolute Gasteiger partial charge is 0.465 e. The van der Waals surface area contributed by atoms with Gasteiger partial charge in [-0.25, -0.2) is 9.78 Å². The number of carbonyl (C=O) groups excluding carboxylic acids is 1. The number of halogens is 1. The number of aromatic nitrogens is 1. The maximum Gasteiger partial charge on any atom is 0.339 e. The van der Waals surface area contributed by atoms with Crippen LogP contribution in [-0.2, 0) is 11.3 Å². The molecular weight excluding hydrogens is 308 g/mol. The third-order valence-corrected chi connectivity index (χ3v) is 3.04. The quantitative estimate of drug-likeness (QED) is 0.694. The summed E-state index contributed by atoms with van der Waals surface area (Å²) >= 11 is 3.32. The molecule has 0 saturated heterocycles. The molecule has 0 spiro atoms. The van der Waals surface area contributed by atoms with Gasteiger partial charge in [-0.3, -0.25) is 0 Å². The van der Waals surface area contributed by atoms with Gasteiger partial charge in [0, 0.05) is 18.4 Å². The highest BCUT2D eigenvalue weighted by molar-refractivity contribution is 9.10. The number of para-hydroxylation sites is 1. The van der Waals surface area contributed by atoms with Crippen LogP contribution >= 0.6 is 15.9 Å². The fourth-order valence-corrected chi connectivity index (χ4v) is 2.09. The minimum absolute atomic E-state index is 0.348. The second-order valence-corrected chi connectivity index (χ2v) is 4.69. The molecule has 0 fully saturated rings. The second-order valence-electron chi connectivity index (χ2n) is 3.88. The van der Waals surface area contributed by atoms with Crippen molar-refractivity contribution in [3.05, 3.63) is 58.3 Å². The number of anilines is 1. The van der Waals surface area contributed by atoms with Gasteiger partial charge < -0.3 is 10.1 Å². The molecule has 2 rings (SSSR count). The maximum absolute atomic E-state index is 11.6. The lowest BCUT2D eigenvalue weighted by molar-refractivity contribution is 0.0602. The Kier molecular flexibility index (Phi) is 4.52. The molecule has 1 aromatic carbocycles. The molecule has 0 atom stereocenters. The number of carbonyl (C=O) groups is 1. The number of benzene rings is 1. The predicted octanol–water partition coefficient (Wildman–Crippen LogP) is 3.24. The fraction of sp³-hybridized carbons (Fsp3) is 0.143. The molecule has 0 bridgehead atoms. The Hall–Kier alpha value is -1.88. The summed E-state index contributed by atoms with van der Waals surface area (Å²) in [5, 5.41) is 3.22. The highest BCUT2D eigenvalue weighted by Crippen LogP contribution is 2.17. The summed E-state index contributed by atoms with van der Waals surface area (Å²) in [5.41, 5.74) is 2.35. The van der Waals surface area contributed by atoms with E-state index in [-0.39, 0.29) is 5.97 Å². The van der Waals surface area contributed by atoms with Gasteiger partial charge in [0.2, 0.25) is 0 Å². The summed E-state index contributed by atoms with van der Waals surface area (Å²) in [7, 11) is 1.37. The van der Waals surface area contributed by atoms with Gasteiger partial charge in [0.25, 0.3) is 0 Å². The van der Waals surface area contributed by atoms with Crippen LogP contribution in [0.5, 0.6) is 0 Å². The maximum atomic E-state index is 11.6. The number of nitrogens with one attached hydrogen (secondary N) is 1. The molecule has 0 aliphatic rings. The van der Waals surface area contributed by atoms with Gasteiger partial charge in [-0.05, 0) is 45.8 Å². The van der Waals surface area contributed by atoms with Crippen LogP contribution in [-0.4, -0.2) is 18.1 Å². The molecule has 5 heteroatoms. The Bertz CT molecular complexity index is 587. The Balaban J connectivity index is 2.13. The Labute approximate surface area is 119 Å². The Morgan fingerprint density at radius 1 is 1.37 bits per heavy atom. The fourth-order valence-electron chi connectivity index (χ4n) is 1.68. The van der Waals surface area contributed by atoms with Crippen molar-refractivity contribution in [1.29, 1.82) is 0 Å². The highest BCUT2D eigenvalue weighted by Gasteiger charge is 2.10. The van der Waals surface area contributed by atoms with Crippen LogP contribution in [0, 0.1) is 0 Å². The molecular formula is C14H13BrN2O2. The molecule has 4 nitrogen and oxygen atoms in total. The van der Waals surface area contributed by atoms with Gasteiger partial charge >= 0.3 is 5.97 Å². The van der Waals surface area contributed by atoms with E-state index in [1.807, 2.05) is 24.3 Å². The zero-order valence-electron chi connectivity index (χ0n) is 10.4. The Morgan fingerprint density at radius 3 is 2.89 bits per heavy atom. The lowest BCUT2D eigenvalue weighted by Crippen LogP contribution is -2.08. The number of ether oxygens (including phenoxy) is 1. The smallest absolute Gasteiger partial charge is 0.339 e. The number of hydrogen-bond donors (Lipinski definition) is 1. The molecule has 19 heavy (non-hydrogen) atoms. The summed E-state index contributed by atoms with van der Waals surface area (Å²) in [4.78, 5) is 15.7. The van der Waals surface area contributed by atoms with E-state index in [4.69, 9.17) is 4.74 Å². The van der Waals surface area contributed by atoms with E-state index in [9.17, 15) is 4.79 Å². The predicted molar refractivity (Wildman–Crippen MR) is 77.0 cm³/mol. The van der Waals surface area contributed by atoms with Gasteiger partial charge in [0.1, 0.15) is 4.60 Å². The minimum atomic E-state index is -0.348. The Morgan fingerprint density at radius 2 is 2.16 bits per heavy atom. The van der Waals surface area contributed by atoms with Gasteiger partial charge in [0.05, 0.1) is 12.7 Å². The monoisotopic (exact) mass is 320 g/mol. The van der Waals surface area contributed by atoms with Crippen LogP contribution in [0.25, 0.3) is 0 Å². The number of hydrogen-bond acceptors (Lipinski definition) is 4. The van der Waals surface area contributed by atoms with Crippen LogP contribution in [0.4, 0.5) is 5.69 Å². The molecule has 0 saturated carbocycles. The SMILES string of the molecule is COC(=O)c1ccccc1NCc1ccnc(Br)c1. The van der Waals surface area contributed by atoms with Crippen molar-refractivity contribution in [1.82, 2.24) is 4.98 Å². The van der Waals surface area contributed by atoms with Crippen molar-refractivity contribution >= 4 is 27.6 Å². The lowest BCUT2D eigenvalue weighted by atomic mass is 10.1. The molecule has 0 unspecified atom stereocenters. The van der Waals surface area contributed by atoms with Gasteiger partial charge in [-0.1, -0.05) is 12.1 Å². The number of pyridine rings is 1. The van der Waals surface area contributed by atoms with E-state index in [0.717, 1.165) is 15.9 Å². The first-order valence-electron chi connectivity index (χ1n) is 5.72. The van der Waals surface area contributed by atoms with Crippen molar-refractivity contribution < 1.29 is 9.53 Å². The second kappa shape index (κ2) is 6.33. The average Bonchev–Trinajstić information content (AvgIpc) is 2.45. The number of esters is 1. The van der Waals surface area contributed by atoms with E-state index in [1.165, 1.54) is 7.11 Å². The number of rotatable bonds is 4. The molecule has 0 aliphatic heterocycles. The highest BCUT2D eigenvalue weighted by atomic mass is 79.9.